The lowest BCUT2D eigenvalue weighted by Gasteiger charge is -2.18. The van der Waals surface area contributed by atoms with E-state index in [4.69, 9.17) is 14.2 Å². The molecular weight excluding hydrogens is 432 g/mol. The van der Waals surface area contributed by atoms with Crippen molar-refractivity contribution in [3.05, 3.63) is 47.8 Å². The maximum Gasteiger partial charge on any atom is 0.319 e. The molecule has 166 valence electrons. The van der Waals surface area contributed by atoms with Crippen LogP contribution in [0.2, 0.25) is 0 Å². The fraction of sp³-hybridized carbons (Fsp3) is 0.227. The standard InChI is InChI=1S/C22H22N4O5S/c1-29-16-5-3-15(4-6-16)24-21(28)23-9-8-20(27)26-22-25-17(13-32-22)14-2-7-18-19(12-14)31-11-10-30-18/h2-7,12-13H,8-11H2,1H3,(H2,23,24,28)(H,25,26,27). The van der Waals surface area contributed by atoms with Crippen molar-refractivity contribution in [3.8, 4) is 28.5 Å². The van der Waals surface area contributed by atoms with Crippen LogP contribution in [0.4, 0.5) is 15.6 Å². The summed E-state index contributed by atoms with van der Waals surface area (Å²) in [4.78, 5) is 28.6. The number of rotatable bonds is 7. The van der Waals surface area contributed by atoms with Gasteiger partial charge in [0.2, 0.25) is 5.91 Å². The third-order valence-corrected chi connectivity index (χ3v) is 5.33. The minimum atomic E-state index is -0.391. The predicted molar refractivity (Wildman–Crippen MR) is 122 cm³/mol. The molecular formula is C22H22N4O5S. The van der Waals surface area contributed by atoms with Crippen LogP contribution in [-0.2, 0) is 4.79 Å². The number of carbonyl (C=O) groups is 2. The van der Waals surface area contributed by atoms with Crippen molar-refractivity contribution in [2.24, 2.45) is 0 Å². The third-order valence-electron chi connectivity index (χ3n) is 4.57. The first-order chi connectivity index (χ1) is 15.6. The SMILES string of the molecule is COc1ccc(NC(=O)NCCC(=O)Nc2nc(-c3ccc4c(c3)OCCO4)cs2)cc1. The van der Waals surface area contributed by atoms with E-state index in [0.717, 1.165) is 11.3 Å². The van der Waals surface area contributed by atoms with E-state index in [2.05, 4.69) is 20.9 Å². The number of methoxy groups -OCH3 is 1. The van der Waals surface area contributed by atoms with Crippen LogP contribution in [0.15, 0.2) is 47.8 Å². The first-order valence-corrected chi connectivity index (χ1v) is 10.8. The van der Waals surface area contributed by atoms with Gasteiger partial charge in [-0.05, 0) is 42.5 Å². The normalized spacial score (nSPS) is 12.0. The zero-order chi connectivity index (χ0) is 22.3. The van der Waals surface area contributed by atoms with Gasteiger partial charge in [0.25, 0.3) is 0 Å². The monoisotopic (exact) mass is 454 g/mol. The molecule has 4 rings (SSSR count). The highest BCUT2D eigenvalue weighted by molar-refractivity contribution is 7.14. The van der Waals surface area contributed by atoms with Gasteiger partial charge in [0, 0.05) is 29.6 Å². The summed E-state index contributed by atoms with van der Waals surface area (Å²) < 4.78 is 16.2. The minimum Gasteiger partial charge on any atom is -0.497 e. The van der Waals surface area contributed by atoms with Gasteiger partial charge in [-0.2, -0.15) is 0 Å². The quantitative estimate of drug-likeness (QED) is 0.502. The lowest BCUT2D eigenvalue weighted by atomic mass is 10.1. The molecule has 1 aliphatic heterocycles. The Hall–Kier alpha value is -3.79. The number of benzene rings is 2. The largest absolute Gasteiger partial charge is 0.497 e. The van der Waals surface area contributed by atoms with Gasteiger partial charge < -0.3 is 30.2 Å². The number of anilines is 2. The molecule has 10 heteroatoms. The molecule has 0 radical (unpaired) electrons. The van der Waals surface area contributed by atoms with Gasteiger partial charge in [0.1, 0.15) is 19.0 Å². The summed E-state index contributed by atoms with van der Waals surface area (Å²) in [5.41, 5.74) is 2.24. The number of hydrogen-bond donors (Lipinski definition) is 3. The summed E-state index contributed by atoms with van der Waals surface area (Å²) in [6.45, 7) is 1.24. The molecule has 0 spiro atoms. The van der Waals surface area contributed by atoms with Crippen molar-refractivity contribution in [1.82, 2.24) is 10.3 Å². The third kappa shape index (κ3) is 5.46. The van der Waals surface area contributed by atoms with Crippen LogP contribution >= 0.6 is 11.3 Å². The second-order valence-electron chi connectivity index (χ2n) is 6.80. The summed E-state index contributed by atoms with van der Waals surface area (Å²) in [5, 5.41) is 10.5. The Bertz CT molecular complexity index is 1100. The number of urea groups is 1. The molecule has 3 aromatic rings. The minimum absolute atomic E-state index is 0.120. The number of nitrogens with zero attached hydrogens (tertiary/aromatic N) is 1. The molecule has 0 bridgehead atoms. The van der Waals surface area contributed by atoms with E-state index in [9.17, 15) is 9.59 Å². The zero-order valence-corrected chi connectivity index (χ0v) is 18.2. The van der Waals surface area contributed by atoms with Gasteiger partial charge in [-0.3, -0.25) is 4.79 Å². The van der Waals surface area contributed by atoms with Crippen LogP contribution in [0.1, 0.15) is 6.42 Å². The molecule has 0 fully saturated rings. The van der Waals surface area contributed by atoms with E-state index >= 15 is 0 Å². The highest BCUT2D eigenvalue weighted by Gasteiger charge is 2.14. The maximum absolute atomic E-state index is 12.2. The maximum atomic E-state index is 12.2. The zero-order valence-electron chi connectivity index (χ0n) is 17.3. The molecule has 1 aliphatic rings. The summed E-state index contributed by atoms with van der Waals surface area (Å²) in [5.74, 6) is 1.86. The Morgan fingerprint density at radius 1 is 1.06 bits per heavy atom. The average molecular weight is 455 g/mol. The van der Waals surface area contributed by atoms with Gasteiger partial charge in [-0.25, -0.2) is 9.78 Å². The smallest absolute Gasteiger partial charge is 0.319 e. The molecule has 0 unspecified atom stereocenters. The van der Waals surface area contributed by atoms with Gasteiger partial charge in [0.05, 0.1) is 12.8 Å². The molecule has 0 aliphatic carbocycles. The topological polar surface area (TPSA) is 111 Å². The van der Waals surface area contributed by atoms with Gasteiger partial charge >= 0.3 is 6.03 Å². The number of fused-ring (bicyclic) bond motifs is 1. The lowest BCUT2D eigenvalue weighted by molar-refractivity contribution is -0.116. The van der Waals surface area contributed by atoms with Crippen molar-refractivity contribution in [2.45, 2.75) is 6.42 Å². The van der Waals surface area contributed by atoms with Gasteiger partial charge in [-0.15, -0.1) is 11.3 Å². The van der Waals surface area contributed by atoms with E-state index in [-0.39, 0.29) is 18.9 Å². The first-order valence-electron chi connectivity index (χ1n) is 9.95. The van der Waals surface area contributed by atoms with Crippen molar-refractivity contribution in [2.75, 3.05) is 37.5 Å². The van der Waals surface area contributed by atoms with E-state index in [0.29, 0.717) is 41.3 Å². The molecule has 3 amide bonds. The van der Waals surface area contributed by atoms with E-state index < -0.39 is 6.03 Å². The van der Waals surface area contributed by atoms with E-state index in [1.54, 1.807) is 31.4 Å². The molecule has 0 saturated heterocycles. The van der Waals surface area contributed by atoms with E-state index in [1.807, 2.05) is 23.6 Å². The lowest BCUT2D eigenvalue weighted by Crippen LogP contribution is -2.31. The Balaban J connectivity index is 1.23. The molecule has 0 atom stereocenters. The fourth-order valence-electron chi connectivity index (χ4n) is 2.99. The number of nitrogens with one attached hydrogen (secondary N) is 3. The van der Waals surface area contributed by atoms with E-state index in [1.165, 1.54) is 11.3 Å². The van der Waals surface area contributed by atoms with Crippen LogP contribution in [0, 0.1) is 0 Å². The number of carbonyl (C=O) groups excluding carboxylic acids is 2. The Morgan fingerprint density at radius 2 is 1.84 bits per heavy atom. The Labute approximate surface area is 188 Å². The first kappa shape index (κ1) is 21.4. The van der Waals surface area contributed by atoms with Crippen molar-refractivity contribution in [1.29, 1.82) is 0 Å². The second kappa shape index (κ2) is 10.0. The Kier molecular flexibility index (Phi) is 6.71. The highest BCUT2D eigenvalue weighted by atomic mass is 32.1. The van der Waals surface area contributed by atoms with Crippen molar-refractivity contribution < 1.29 is 23.8 Å². The van der Waals surface area contributed by atoms with Crippen LogP contribution in [0.3, 0.4) is 0 Å². The van der Waals surface area contributed by atoms with Crippen LogP contribution < -0.4 is 30.2 Å². The molecule has 2 aromatic carbocycles. The molecule has 32 heavy (non-hydrogen) atoms. The molecule has 3 N–H and O–H groups in total. The molecule has 9 nitrogen and oxygen atoms in total. The molecule has 0 saturated carbocycles. The average Bonchev–Trinajstić information content (AvgIpc) is 3.27. The van der Waals surface area contributed by atoms with Crippen molar-refractivity contribution in [3.63, 3.8) is 0 Å². The number of hydrogen-bond acceptors (Lipinski definition) is 7. The summed E-state index contributed by atoms with van der Waals surface area (Å²) in [7, 11) is 1.57. The summed E-state index contributed by atoms with van der Waals surface area (Å²) in [6, 6.07) is 12.2. The number of aromatic nitrogens is 1. The van der Waals surface area contributed by atoms with Gasteiger partial charge in [0.15, 0.2) is 16.6 Å². The predicted octanol–water partition coefficient (Wildman–Crippen LogP) is 3.74. The number of amides is 3. The van der Waals surface area contributed by atoms with Crippen molar-refractivity contribution >= 4 is 34.1 Å². The molecule has 2 heterocycles. The van der Waals surface area contributed by atoms with Crippen LogP contribution in [-0.4, -0.2) is 43.8 Å². The number of thiazole rings is 1. The molecule has 1 aromatic heterocycles. The number of ether oxygens (including phenoxy) is 3. The highest BCUT2D eigenvalue weighted by Crippen LogP contribution is 2.35. The van der Waals surface area contributed by atoms with Crippen LogP contribution in [0.25, 0.3) is 11.3 Å². The fourth-order valence-corrected chi connectivity index (χ4v) is 3.72. The second-order valence-corrected chi connectivity index (χ2v) is 7.66. The Morgan fingerprint density at radius 3 is 2.62 bits per heavy atom. The van der Waals surface area contributed by atoms with Gasteiger partial charge in [-0.1, -0.05) is 0 Å². The summed E-state index contributed by atoms with van der Waals surface area (Å²) >= 11 is 1.33. The summed E-state index contributed by atoms with van der Waals surface area (Å²) in [6.07, 6.45) is 0.120. The van der Waals surface area contributed by atoms with Crippen LogP contribution in [0.5, 0.6) is 17.2 Å².